The molecule has 0 amide bonds. The van der Waals surface area contributed by atoms with Crippen molar-refractivity contribution in [3.63, 3.8) is 0 Å². The molecule has 2 nitrogen and oxygen atoms in total. The Morgan fingerprint density at radius 2 is 1.85 bits per heavy atom. The second kappa shape index (κ2) is 4.07. The van der Waals surface area contributed by atoms with Crippen molar-refractivity contribution in [3.8, 4) is 11.5 Å². The Hall–Kier alpha value is -0.600. The quantitative estimate of drug-likeness (QED) is 0.803. The number of aryl methyl sites for hydroxylation is 1. The van der Waals surface area contributed by atoms with E-state index in [1.165, 1.54) is 6.07 Å². The van der Waals surface area contributed by atoms with E-state index in [2.05, 4.69) is 0 Å². The van der Waals surface area contributed by atoms with Crippen molar-refractivity contribution in [1.29, 1.82) is 0 Å². The standard InChI is InChI=1S/C9H10Cl2O2/c1-2-3-5-4-6(12)8(11)9(13)7(5)10/h4,12-13H,2-3H2,1H3. The first-order valence-electron chi connectivity index (χ1n) is 3.96. The van der Waals surface area contributed by atoms with Gasteiger partial charge in [0, 0.05) is 0 Å². The van der Waals surface area contributed by atoms with E-state index in [4.69, 9.17) is 23.2 Å². The minimum Gasteiger partial charge on any atom is -0.506 e. The zero-order chi connectivity index (χ0) is 10.0. The molecule has 72 valence electrons. The largest absolute Gasteiger partial charge is 0.506 e. The van der Waals surface area contributed by atoms with Crippen LogP contribution in [0.2, 0.25) is 10.0 Å². The van der Waals surface area contributed by atoms with Crippen LogP contribution in [0.5, 0.6) is 11.5 Å². The molecule has 1 rings (SSSR count). The zero-order valence-corrected chi connectivity index (χ0v) is 8.65. The van der Waals surface area contributed by atoms with Gasteiger partial charge in [-0.3, -0.25) is 0 Å². The summed E-state index contributed by atoms with van der Waals surface area (Å²) in [6.45, 7) is 1.99. The molecule has 0 saturated heterocycles. The molecule has 2 N–H and O–H groups in total. The van der Waals surface area contributed by atoms with E-state index in [9.17, 15) is 10.2 Å². The molecule has 0 aliphatic carbocycles. The lowest BCUT2D eigenvalue weighted by molar-refractivity contribution is 0.450. The van der Waals surface area contributed by atoms with Crippen LogP contribution in [0.3, 0.4) is 0 Å². The molecule has 1 aromatic carbocycles. The Labute approximate surface area is 86.7 Å². The topological polar surface area (TPSA) is 40.5 Å². The average molecular weight is 221 g/mol. The van der Waals surface area contributed by atoms with Gasteiger partial charge in [-0.15, -0.1) is 0 Å². The van der Waals surface area contributed by atoms with Gasteiger partial charge in [0.05, 0.1) is 5.02 Å². The number of halogens is 2. The van der Waals surface area contributed by atoms with E-state index in [0.29, 0.717) is 12.0 Å². The molecular weight excluding hydrogens is 211 g/mol. The molecule has 4 heteroatoms. The lowest BCUT2D eigenvalue weighted by Gasteiger charge is -2.07. The maximum absolute atomic E-state index is 9.37. The van der Waals surface area contributed by atoms with Gasteiger partial charge in [0.25, 0.3) is 0 Å². The fraction of sp³-hybridized carbons (Fsp3) is 0.333. The van der Waals surface area contributed by atoms with E-state index >= 15 is 0 Å². The maximum Gasteiger partial charge on any atom is 0.156 e. The summed E-state index contributed by atoms with van der Waals surface area (Å²) in [6, 6.07) is 1.48. The number of hydrogen-bond donors (Lipinski definition) is 2. The van der Waals surface area contributed by atoms with Gasteiger partial charge in [0.15, 0.2) is 5.75 Å². The summed E-state index contributed by atoms with van der Waals surface area (Å²) in [6.07, 6.45) is 1.59. The molecule has 0 fully saturated rings. The third-order valence-corrected chi connectivity index (χ3v) is 2.55. The van der Waals surface area contributed by atoms with Gasteiger partial charge in [-0.1, -0.05) is 36.5 Å². The van der Waals surface area contributed by atoms with E-state index in [-0.39, 0.29) is 21.5 Å². The van der Waals surface area contributed by atoms with Crippen molar-refractivity contribution < 1.29 is 10.2 Å². The summed E-state index contributed by atoms with van der Waals surface area (Å²) < 4.78 is 0. The predicted molar refractivity (Wildman–Crippen MR) is 53.8 cm³/mol. The Morgan fingerprint density at radius 3 is 2.38 bits per heavy atom. The summed E-state index contributed by atoms with van der Waals surface area (Å²) in [7, 11) is 0. The Bertz CT molecular complexity index is 324. The first-order valence-corrected chi connectivity index (χ1v) is 4.72. The van der Waals surface area contributed by atoms with Gasteiger partial charge in [0.2, 0.25) is 0 Å². The van der Waals surface area contributed by atoms with E-state index in [1.54, 1.807) is 0 Å². The van der Waals surface area contributed by atoms with Crippen molar-refractivity contribution in [3.05, 3.63) is 21.7 Å². The molecule has 13 heavy (non-hydrogen) atoms. The van der Waals surface area contributed by atoms with Crippen LogP contribution in [-0.2, 0) is 6.42 Å². The summed E-state index contributed by atoms with van der Waals surface area (Å²) in [5.74, 6) is -0.376. The Balaban J connectivity index is 3.24. The molecule has 1 aromatic rings. The molecule has 0 aromatic heterocycles. The van der Waals surface area contributed by atoms with Crippen LogP contribution in [0.1, 0.15) is 18.9 Å². The van der Waals surface area contributed by atoms with Crippen LogP contribution in [0, 0.1) is 0 Å². The highest BCUT2D eigenvalue weighted by molar-refractivity contribution is 6.38. The highest BCUT2D eigenvalue weighted by Crippen LogP contribution is 2.40. The smallest absolute Gasteiger partial charge is 0.156 e. The van der Waals surface area contributed by atoms with Gasteiger partial charge in [-0.25, -0.2) is 0 Å². The van der Waals surface area contributed by atoms with Crippen LogP contribution in [0.4, 0.5) is 0 Å². The van der Waals surface area contributed by atoms with Crippen molar-refractivity contribution in [2.75, 3.05) is 0 Å². The molecule has 0 atom stereocenters. The Morgan fingerprint density at radius 1 is 1.23 bits per heavy atom. The molecule has 0 saturated carbocycles. The second-order valence-electron chi connectivity index (χ2n) is 2.78. The summed E-state index contributed by atoms with van der Waals surface area (Å²) in [5, 5.41) is 18.8. The summed E-state index contributed by atoms with van der Waals surface area (Å²) in [5.41, 5.74) is 0.712. The normalized spacial score (nSPS) is 10.4. The fourth-order valence-corrected chi connectivity index (χ4v) is 1.55. The highest BCUT2D eigenvalue weighted by Gasteiger charge is 2.13. The predicted octanol–water partition coefficient (Wildman–Crippen LogP) is 3.36. The van der Waals surface area contributed by atoms with Crippen LogP contribution in [0.15, 0.2) is 6.07 Å². The molecule has 0 aliphatic rings. The van der Waals surface area contributed by atoms with Gasteiger partial charge < -0.3 is 10.2 Å². The number of phenols is 2. The van der Waals surface area contributed by atoms with E-state index in [0.717, 1.165) is 6.42 Å². The van der Waals surface area contributed by atoms with E-state index in [1.807, 2.05) is 6.92 Å². The number of phenolic OH excluding ortho intramolecular Hbond substituents is 2. The first kappa shape index (κ1) is 10.5. The lowest BCUT2D eigenvalue weighted by atomic mass is 10.1. The fourth-order valence-electron chi connectivity index (χ4n) is 1.11. The highest BCUT2D eigenvalue weighted by atomic mass is 35.5. The van der Waals surface area contributed by atoms with Crippen LogP contribution in [0.25, 0.3) is 0 Å². The van der Waals surface area contributed by atoms with Gasteiger partial charge in [-0.2, -0.15) is 0 Å². The zero-order valence-electron chi connectivity index (χ0n) is 7.14. The summed E-state index contributed by atoms with van der Waals surface area (Å²) in [4.78, 5) is 0. The van der Waals surface area contributed by atoms with Crippen molar-refractivity contribution in [2.45, 2.75) is 19.8 Å². The van der Waals surface area contributed by atoms with Crippen molar-refractivity contribution >= 4 is 23.2 Å². The van der Waals surface area contributed by atoms with Crippen LogP contribution >= 0.6 is 23.2 Å². The first-order chi connectivity index (χ1) is 6.07. The number of aromatic hydroxyl groups is 2. The lowest BCUT2D eigenvalue weighted by Crippen LogP contribution is -1.86. The summed E-state index contributed by atoms with van der Waals surface area (Å²) >= 11 is 11.4. The molecule has 0 unspecified atom stereocenters. The molecule has 0 bridgehead atoms. The maximum atomic E-state index is 9.37. The molecule has 0 aliphatic heterocycles. The third kappa shape index (κ3) is 2.01. The molecule has 0 radical (unpaired) electrons. The molecule has 0 spiro atoms. The SMILES string of the molecule is CCCc1cc(O)c(Cl)c(O)c1Cl. The van der Waals surface area contributed by atoms with Gasteiger partial charge >= 0.3 is 0 Å². The monoisotopic (exact) mass is 220 g/mol. The minimum absolute atomic E-state index is 0.0927. The van der Waals surface area contributed by atoms with Crippen LogP contribution < -0.4 is 0 Å². The van der Waals surface area contributed by atoms with Crippen molar-refractivity contribution in [1.82, 2.24) is 0 Å². The molecule has 0 heterocycles. The van der Waals surface area contributed by atoms with Gasteiger partial charge in [0.1, 0.15) is 10.8 Å². The second-order valence-corrected chi connectivity index (χ2v) is 3.54. The minimum atomic E-state index is -0.244. The number of rotatable bonds is 2. The third-order valence-electron chi connectivity index (χ3n) is 1.75. The average Bonchev–Trinajstić information content (AvgIpc) is 2.11. The van der Waals surface area contributed by atoms with Crippen LogP contribution in [-0.4, -0.2) is 10.2 Å². The van der Waals surface area contributed by atoms with Gasteiger partial charge in [-0.05, 0) is 18.1 Å². The van der Waals surface area contributed by atoms with Crippen molar-refractivity contribution in [2.24, 2.45) is 0 Å². The van der Waals surface area contributed by atoms with E-state index < -0.39 is 0 Å². The number of benzene rings is 1. The number of hydrogen-bond acceptors (Lipinski definition) is 2. The Kier molecular flexibility index (Phi) is 3.28. The molecular formula is C9H10Cl2O2.